The van der Waals surface area contributed by atoms with Gasteiger partial charge in [0.05, 0.1) is 19.6 Å². The number of aromatic nitrogens is 1. The van der Waals surface area contributed by atoms with E-state index in [1.807, 2.05) is 0 Å². The van der Waals surface area contributed by atoms with Crippen molar-refractivity contribution in [2.45, 2.75) is 0 Å². The maximum Gasteiger partial charge on any atom is 0.347 e. The summed E-state index contributed by atoms with van der Waals surface area (Å²) >= 11 is 0. The van der Waals surface area contributed by atoms with Crippen molar-refractivity contribution in [1.29, 1.82) is 0 Å². The third kappa shape index (κ3) is 10.2. The lowest BCUT2D eigenvalue weighted by molar-refractivity contribution is -0.147. The van der Waals surface area contributed by atoms with Crippen LogP contribution in [0.1, 0.15) is 0 Å². The van der Waals surface area contributed by atoms with Crippen LogP contribution in [0.2, 0.25) is 0 Å². The molecule has 1 fully saturated rings. The Balaban J connectivity index is 2.12. The third-order valence-corrected chi connectivity index (χ3v) is 5.32. The molecule has 0 aromatic carbocycles. The third-order valence-electron chi connectivity index (χ3n) is 5.32. The predicted octanol–water partition coefficient (Wildman–Crippen LogP) is -2.62. The van der Waals surface area contributed by atoms with Gasteiger partial charge in [-0.2, -0.15) is 0 Å². The molecule has 1 aromatic rings. The smallest absolute Gasteiger partial charge is 0.347 e. The van der Waals surface area contributed by atoms with Crippen molar-refractivity contribution in [3.63, 3.8) is 0 Å². The molecule has 35 heavy (non-hydrogen) atoms. The molecule has 196 valence electrons. The standard InChI is InChI=1S/C20H31N5O10/c26-15-34-14-24-9-7-22(12-19(31)32)4-3-21(11-18(29)30)5-6-23(8-10-24)13-20(33)35-25-16(27)1-2-17(25)28/h1-2,15,27-28H,3-14H2,(H,29,30)(H,31,32). The van der Waals surface area contributed by atoms with E-state index in [9.17, 15) is 39.6 Å². The Morgan fingerprint density at radius 3 is 1.54 bits per heavy atom. The molecule has 15 heteroatoms. The highest BCUT2D eigenvalue weighted by molar-refractivity contribution is 5.72. The van der Waals surface area contributed by atoms with Gasteiger partial charge in [0.15, 0.2) is 0 Å². The van der Waals surface area contributed by atoms with Crippen LogP contribution >= 0.6 is 0 Å². The van der Waals surface area contributed by atoms with Crippen molar-refractivity contribution in [1.82, 2.24) is 24.3 Å². The lowest BCUT2D eigenvalue weighted by Gasteiger charge is -2.32. The second kappa shape index (κ2) is 14.1. The van der Waals surface area contributed by atoms with Gasteiger partial charge in [-0.15, -0.1) is 4.73 Å². The Kier molecular flexibility index (Phi) is 11.2. The van der Waals surface area contributed by atoms with Crippen molar-refractivity contribution in [2.24, 2.45) is 0 Å². The highest BCUT2D eigenvalue weighted by Crippen LogP contribution is 2.18. The average Bonchev–Trinajstić information content (AvgIpc) is 3.09. The first-order valence-corrected chi connectivity index (χ1v) is 10.9. The van der Waals surface area contributed by atoms with Crippen molar-refractivity contribution < 1.29 is 49.2 Å². The van der Waals surface area contributed by atoms with Crippen molar-refractivity contribution in [2.75, 3.05) is 78.7 Å². The van der Waals surface area contributed by atoms with Gasteiger partial charge in [0.1, 0.15) is 6.73 Å². The second-order valence-corrected chi connectivity index (χ2v) is 7.93. The average molecular weight is 501 g/mol. The van der Waals surface area contributed by atoms with Gasteiger partial charge in [0.2, 0.25) is 11.8 Å². The molecule has 0 aliphatic carbocycles. The molecule has 1 saturated heterocycles. The monoisotopic (exact) mass is 501 g/mol. The van der Waals surface area contributed by atoms with Crippen molar-refractivity contribution >= 4 is 24.4 Å². The first-order valence-electron chi connectivity index (χ1n) is 10.9. The van der Waals surface area contributed by atoms with Crippen LogP contribution in [0.15, 0.2) is 12.1 Å². The van der Waals surface area contributed by atoms with Crippen LogP contribution in [0.5, 0.6) is 11.8 Å². The summed E-state index contributed by atoms with van der Waals surface area (Å²) in [5, 5.41) is 37.8. The van der Waals surface area contributed by atoms with Gasteiger partial charge in [-0.3, -0.25) is 34.0 Å². The van der Waals surface area contributed by atoms with Crippen LogP contribution in [0, 0.1) is 0 Å². The minimum atomic E-state index is -1.04. The van der Waals surface area contributed by atoms with Crippen LogP contribution in [0.3, 0.4) is 0 Å². The first-order chi connectivity index (χ1) is 16.7. The molecule has 0 radical (unpaired) electrons. The molecule has 4 N–H and O–H groups in total. The van der Waals surface area contributed by atoms with Crippen LogP contribution in [-0.2, 0) is 23.9 Å². The summed E-state index contributed by atoms with van der Waals surface area (Å²) in [4.78, 5) is 57.5. The Labute approximate surface area is 201 Å². The van der Waals surface area contributed by atoms with E-state index in [-0.39, 0.29) is 46.0 Å². The number of ether oxygens (including phenoxy) is 1. The summed E-state index contributed by atoms with van der Waals surface area (Å²) in [6, 6.07) is 2.31. The fraction of sp³-hybridized carbons (Fsp3) is 0.600. The second-order valence-electron chi connectivity index (χ2n) is 7.93. The van der Waals surface area contributed by atoms with Gasteiger partial charge in [-0.1, -0.05) is 0 Å². The largest absolute Gasteiger partial charge is 0.492 e. The molecule has 2 heterocycles. The summed E-state index contributed by atoms with van der Waals surface area (Å²) in [7, 11) is 0. The number of aliphatic carboxylic acids is 2. The molecule has 0 atom stereocenters. The molecule has 0 unspecified atom stereocenters. The quantitative estimate of drug-likeness (QED) is 0.244. The topological polar surface area (TPSA) is 186 Å². The number of nitrogens with zero attached hydrogens (tertiary/aromatic N) is 5. The predicted molar refractivity (Wildman–Crippen MR) is 118 cm³/mol. The van der Waals surface area contributed by atoms with Crippen molar-refractivity contribution in [3.05, 3.63) is 12.1 Å². The molecule has 0 amide bonds. The summed E-state index contributed by atoms with van der Waals surface area (Å²) in [5.41, 5.74) is 0. The molecule has 1 aromatic heterocycles. The number of hydrogen-bond donors (Lipinski definition) is 4. The van der Waals surface area contributed by atoms with E-state index in [0.717, 1.165) is 12.1 Å². The Bertz CT molecular complexity index is 844. The molecular formula is C20H31N5O10. The minimum Gasteiger partial charge on any atom is -0.492 e. The van der Waals surface area contributed by atoms with E-state index >= 15 is 0 Å². The molecule has 0 spiro atoms. The van der Waals surface area contributed by atoms with Crippen LogP contribution in [-0.4, -0.2) is 148 Å². The van der Waals surface area contributed by atoms with Gasteiger partial charge in [-0.25, -0.2) is 4.79 Å². The van der Waals surface area contributed by atoms with E-state index in [4.69, 9.17) is 9.57 Å². The summed E-state index contributed by atoms with van der Waals surface area (Å²) in [6.07, 6.45) is 0. The van der Waals surface area contributed by atoms with Gasteiger partial charge < -0.3 is 30.0 Å². The molecular weight excluding hydrogens is 470 g/mol. The van der Waals surface area contributed by atoms with Crippen molar-refractivity contribution in [3.8, 4) is 11.8 Å². The fourth-order valence-corrected chi connectivity index (χ4v) is 3.51. The summed E-state index contributed by atoms with van der Waals surface area (Å²) < 4.78 is 5.44. The zero-order valence-corrected chi connectivity index (χ0v) is 19.2. The number of carboxylic acids is 2. The molecule has 0 bridgehead atoms. The van der Waals surface area contributed by atoms with E-state index in [0.29, 0.717) is 43.9 Å². The lowest BCUT2D eigenvalue weighted by Crippen LogP contribution is -2.49. The SMILES string of the molecule is O=COCN1CCN(CC(=O)O)CCN(CC(=O)O)CCN(CC(=O)On2c(O)ccc2O)CC1. The number of hydrogen-bond acceptors (Lipinski definition) is 12. The zero-order chi connectivity index (χ0) is 25.8. The lowest BCUT2D eigenvalue weighted by atomic mass is 10.3. The molecule has 2 rings (SSSR count). The summed E-state index contributed by atoms with van der Waals surface area (Å²) in [5.74, 6) is -3.74. The van der Waals surface area contributed by atoms with E-state index in [1.54, 1.807) is 19.6 Å². The minimum absolute atomic E-state index is 0.0288. The van der Waals surface area contributed by atoms with Gasteiger partial charge >= 0.3 is 17.9 Å². The number of carbonyl (C=O) groups is 4. The highest BCUT2D eigenvalue weighted by Gasteiger charge is 2.21. The van der Waals surface area contributed by atoms with E-state index < -0.39 is 29.7 Å². The van der Waals surface area contributed by atoms with E-state index in [1.165, 1.54) is 0 Å². The van der Waals surface area contributed by atoms with Crippen LogP contribution < -0.4 is 4.84 Å². The Morgan fingerprint density at radius 2 is 1.14 bits per heavy atom. The maximum absolute atomic E-state index is 12.5. The Hall–Kier alpha value is -3.40. The summed E-state index contributed by atoms with van der Waals surface area (Å²) in [6.45, 7) is 2.05. The van der Waals surface area contributed by atoms with Gasteiger partial charge in [0.25, 0.3) is 6.47 Å². The molecule has 0 saturated carbocycles. The maximum atomic E-state index is 12.5. The molecule has 15 nitrogen and oxygen atoms in total. The van der Waals surface area contributed by atoms with E-state index in [2.05, 4.69) is 0 Å². The van der Waals surface area contributed by atoms with Crippen LogP contribution in [0.25, 0.3) is 0 Å². The highest BCUT2D eigenvalue weighted by atomic mass is 16.7. The molecule has 1 aliphatic rings. The fourth-order valence-electron chi connectivity index (χ4n) is 3.51. The Morgan fingerprint density at radius 1 is 0.743 bits per heavy atom. The number of carboxylic acid groups (broad SMARTS) is 2. The first kappa shape index (κ1) is 27.8. The zero-order valence-electron chi connectivity index (χ0n) is 19.2. The van der Waals surface area contributed by atoms with Gasteiger partial charge in [0, 0.05) is 64.5 Å². The van der Waals surface area contributed by atoms with Crippen LogP contribution in [0.4, 0.5) is 0 Å². The normalized spacial score (nSPS) is 17.7. The number of carbonyl (C=O) groups excluding carboxylic acids is 2. The van der Waals surface area contributed by atoms with Gasteiger partial charge in [-0.05, 0) is 0 Å². The molecule has 1 aliphatic heterocycles. The number of rotatable bonds is 10. The number of aromatic hydroxyl groups is 2.